The number of halogens is 1. The third kappa shape index (κ3) is 3.94. The van der Waals surface area contributed by atoms with Gasteiger partial charge in [-0.2, -0.15) is 0 Å². The Kier molecular flexibility index (Phi) is 4.47. The number of amides is 1. The van der Waals surface area contributed by atoms with Gasteiger partial charge in [-0.3, -0.25) is 4.79 Å². The van der Waals surface area contributed by atoms with Crippen LogP contribution >= 0.6 is 11.6 Å². The first-order valence-electron chi connectivity index (χ1n) is 6.14. The molecule has 0 aliphatic carbocycles. The van der Waals surface area contributed by atoms with E-state index in [2.05, 4.69) is 5.32 Å². The van der Waals surface area contributed by atoms with Crippen LogP contribution in [0.25, 0.3) is 0 Å². The number of rotatable bonds is 4. The summed E-state index contributed by atoms with van der Waals surface area (Å²) in [6, 6.07) is 7.10. The minimum atomic E-state index is -2.89. The summed E-state index contributed by atoms with van der Waals surface area (Å²) in [5.41, 5.74) is 1.44. The maximum Gasteiger partial charge on any atom is 0.251 e. The molecule has 0 aromatic heterocycles. The van der Waals surface area contributed by atoms with E-state index in [0.717, 1.165) is 5.56 Å². The van der Waals surface area contributed by atoms with Crippen LogP contribution in [-0.4, -0.2) is 32.4 Å². The topological polar surface area (TPSA) is 63.2 Å². The highest BCUT2D eigenvalue weighted by Gasteiger charge is 2.27. The Morgan fingerprint density at radius 3 is 2.84 bits per heavy atom. The summed E-state index contributed by atoms with van der Waals surface area (Å²) in [7, 11) is -2.89. The molecule has 0 saturated carbocycles. The smallest absolute Gasteiger partial charge is 0.251 e. The van der Waals surface area contributed by atoms with Gasteiger partial charge >= 0.3 is 0 Å². The normalized spacial score (nSPS) is 21.2. The number of hydrogen-bond acceptors (Lipinski definition) is 3. The van der Waals surface area contributed by atoms with Crippen LogP contribution in [-0.2, 0) is 15.7 Å². The summed E-state index contributed by atoms with van der Waals surface area (Å²) in [6.07, 6.45) is 0.629. The predicted octanol–water partition coefficient (Wildman–Crippen LogP) is 1.59. The fourth-order valence-electron chi connectivity index (χ4n) is 2.17. The van der Waals surface area contributed by atoms with Crippen molar-refractivity contribution >= 4 is 27.3 Å². The molecule has 1 aliphatic heterocycles. The second kappa shape index (κ2) is 5.92. The first kappa shape index (κ1) is 14.3. The van der Waals surface area contributed by atoms with Crippen LogP contribution < -0.4 is 5.32 Å². The third-order valence-corrected chi connectivity index (χ3v) is 5.37. The molecule has 1 heterocycles. The van der Waals surface area contributed by atoms with Gasteiger partial charge in [0, 0.05) is 18.0 Å². The molecule has 0 bridgehead atoms. The van der Waals surface area contributed by atoms with Crippen molar-refractivity contribution in [1.29, 1.82) is 0 Å². The minimum absolute atomic E-state index is 0.0326. The van der Waals surface area contributed by atoms with E-state index < -0.39 is 9.84 Å². The van der Waals surface area contributed by atoms with Crippen molar-refractivity contribution in [2.45, 2.75) is 12.3 Å². The molecule has 6 heteroatoms. The van der Waals surface area contributed by atoms with Gasteiger partial charge in [-0.05, 0) is 30.0 Å². The van der Waals surface area contributed by atoms with Gasteiger partial charge in [0.15, 0.2) is 9.84 Å². The molecule has 4 nitrogen and oxygen atoms in total. The molecule has 1 aromatic carbocycles. The van der Waals surface area contributed by atoms with Crippen molar-refractivity contribution < 1.29 is 13.2 Å². The lowest BCUT2D eigenvalue weighted by atomic mass is 10.1. The standard InChI is InChI=1S/C13H16ClNO3S/c14-7-10-2-1-3-12(6-10)13(16)15-8-11-4-5-19(17,18)9-11/h1-3,6,11H,4-5,7-9H2,(H,15,16). The van der Waals surface area contributed by atoms with E-state index in [9.17, 15) is 13.2 Å². The molecule has 1 unspecified atom stereocenters. The van der Waals surface area contributed by atoms with Gasteiger partial charge in [-0.25, -0.2) is 8.42 Å². The van der Waals surface area contributed by atoms with E-state index in [0.29, 0.717) is 24.4 Å². The molecule has 1 saturated heterocycles. The highest BCUT2D eigenvalue weighted by atomic mass is 35.5. The van der Waals surface area contributed by atoms with Crippen LogP contribution in [0, 0.1) is 5.92 Å². The van der Waals surface area contributed by atoms with E-state index >= 15 is 0 Å². The molecule has 1 aromatic rings. The Bertz CT molecular complexity index is 571. The third-order valence-electron chi connectivity index (χ3n) is 3.22. The van der Waals surface area contributed by atoms with Gasteiger partial charge in [0.05, 0.1) is 11.5 Å². The fourth-order valence-corrected chi connectivity index (χ4v) is 4.20. The highest BCUT2D eigenvalue weighted by Crippen LogP contribution is 2.17. The molecule has 1 amide bonds. The molecule has 0 radical (unpaired) electrons. The molecule has 1 aliphatic rings. The van der Waals surface area contributed by atoms with Crippen LogP contribution in [0.2, 0.25) is 0 Å². The van der Waals surface area contributed by atoms with Crippen molar-refractivity contribution in [3.05, 3.63) is 35.4 Å². The number of nitrogens with one attached hydrogen (secondary N) is 1. The quantitative estimate of drug-likeness (QED) is 0.859. The monoisotopic (exact) mass is 301 g/mol. The van der Waals surface area contributed by atoms with Gasteiger partial charge in [0.2, 0.25) is 0 Å². The molecular weight excluding hydrogens is 286 g/mol. The first-order valence-corrected chi connectivity index (χ1v) is 8.49. The molecule has 104 valence electrons. The number of carbonyl (C=O) groups excluding carboxylic acids is 1. The number of carbonyl (C=O) groups is 1. The van der Waals surface area contributed by atoms with E-state index in [-0.39, 0.29) is 23.3 Å². The zero-order valence-electron chi connectivity index (χ0n) is 10.4. The summed E-state index contributed by atoms with van der Waals surface area (Å²) in [6.45, 7) is 0.406. The lowest BCUT2D eigenvalue weighted by molar-refractivity contribution is 0.0948. The minimum Gasteiger partial charge on any atom is -0.352 e. The molecule has 1 N–H and O–H groups in total. The van der Waals surface area contributed by atoms with Crippen molar-refractivity contribution in [2.24, 2.45) is 5.92 Å². The summed E-state index contributed by atoms with van der Waals surface area (Å²) < 4.78 is 22.6. The first-order chi connectivity index (χ1) is 9.00. The Morgan fingerprint density at radius 2 is 2.21 bits per heavy atom. The Labute approximate surface area is 118 Å². The van der Waals surface area contributed by atoms with Gasteiger partial charge in [-0.15, -0.1) is 11.6 Å². The molecule has 0 spiro atoms. The van der Waals surface area contributed by atoms with E-state index in [4.69, 9.17) is 11.6 Å². The summed E-state index contributed by atoms with van der Waals surface area (Å²) in [4.78, 5) is 11.9. The number of sulfone groups is 1. The van der Waals surface area contributed by atoms with Crippen molar-refractivity contribution in [2.75, 3.05) is 18.1 Å². The average molecular weight is 302 g/mol. The van der Waals surface area contributed by atoms with Gasteiger partial charge in [0.1, 0.15) is 0 Å². The zero-order chi connectivity index (χ0) is 13.9. The van der Waals surface area contributed by atoms with E-state index in [1.807, 2.05) is 6.07 Å². The zero-order valence-corrected chi connectivity index (χ0v) is 12.0. The summed E-state index contributed by atoms with van der Waals surface area (Å²) in [5.74, 6) is 0.619. The maximum atomic E-state index is 11.9. The molecule has 2 rings (SSSR count). The van der Waals surface area contributed by atoms with E-state index in [1.165, 1.54) is 0 Å². The average Bonchev–Trinajstić information content (AvgIpc) is 2.75. The van der Waals surface area contributed by atoms with Crippen LogP contribution in [0.3, 0.4) is 0 Å². The number of benzene rings is 1. The Balaban J connectivity index is 1.91. The van der Waals surface area contributed by atoms with Crippen molar-refractivity contribution in [3.8, 4) is 0 Å². The fraction of sp³-hybridized carbons (Fsp3) is 0.462. The summed E-state index contributed by atoms with van der Waals surface area (Å²) in [5, 5.41) is 2.78. The largest absolute Gasteiger partial charge is 0.352 e. The molecule has 1 atom stereocenters. The van der Waals surface area contributed by atoms with Gasteiger partial charge < -0.3 is 5.32 Å². The predicted molar refractivity (Wildman–Crippen MR) is 75.1 cm³/mol. The van der Waals surface area contributed by atoms with E-state index in [1.54, 1.807) is 18.2 Å². The lowest BCUT2D eigenvalue weighted by Crippen LogP contribution is -2.29. The second-order valence-corrected chi connectivity index (χ2v) is 7.31. The molecular formula is C13H16ClNO3S. The Morgan fingerprint density at radius 1 is 1.42 bits per heavy atom. The number of hydrogen-bond donors (Lipinski definition) is 1. The molecule has 19 heavy (non-hydrogen) atoms. The van der Waals surface area contributed by atoms with Crippen LogP contribution in [0.4, 0.5) is 0 Å². The van der Waals surface area contributed by atoms with Gasteiger partial charge in [0.25, 0.3) is 5.91 Å². The lowest BCUT2D eigenvalue weighted by Gasteiger charge is -2.10. The van der Waals surface area contributed by atoms with Crippen LogP contribution in [0.5, 0.6) is 0 Å². The number of alkyl halides is 1. The van der Waals surface area contributed by atoms with Crippen LogP contribution in [0.15, 0.2) is 24.3 Å². The second-order valence-electron chi connectivity index (χ2n) is 4.81. The molecule has 1 fully saturated rings. The SMILES string of the molecule is O=C(NCC1CCS(=O)(=O)C1)c1cccc(CCl)c1. The van der Waals surface area contributed by atoms with Gasteiger partial charge in [-0.1, -0.05) is 12.1 Å². The Hall–Kier alpha value is -1.07. The van der Waals surface area contributed by atoms with Crippen molar-refractivity contribution in [1.82, 2.24) is 5.32 Å². The van der Waals surface area contributed by atoms with Crippen molar-refractivity contribution in [3.63, 3.8) is 0 Å². The van der Waals surface area contributed by atoms with Crippen LogP contribution in [0.1, 0.15) is 22.3 Å². The highest BCUT2D eigenvalue weighted by molar-refractivity contribution is 7.91. The maximum absolute atomic E-state index is 11.9. The summed E-state index contributed by atoms with van der Waals surface area (Å²) >= 11 is 5.72.